The van der Waals surface area contributed by atoms with Crippen LogP contribution in [0.2, 0.25) is 0 Å². The van der Waals surface area contributed by atoms with Gasteiger partial charge in [0.15, 0.2) is 5.78 Å². The Morgan fingerprint density at radius 2 is 1.71 bits per heavy atom. The van der Waals surface area contributed by atoms with E-state index in [9.17, 15) is 19.6 Å². The van der Waals surface area contributed by atoms with Crippen LogP contribution >= 0.6 is 0 Å². The van der Waals surface area contributed by atoms with E-state index >= 15 is 0 Å². The molecule has 2 amide bonds. The molecule has 7 heteroatoms. The van der Waals surface area contributed by atoms with Crippen molar-refractivity contribution in [3.8, 4) is 6.07 Å². The first-order chi connectivity index (χ1) is 11.5. The lowest BCUT2D eigenvalue weighted by Crippen LogP contribution is -2.43. The number of ketones is 1. The van der Waals surface area contributed by atoms with E-state index < -0.39 is 5.91 Å². The Morgan fingerprint density at radius 3 is 2.21 bits per heavy atom. The Morgan fingerprint density at radius 1 is 1.12 bits per heavy atom. The van der Waals surface area contributed by atoms with Crippen LogP contribution in [0.25, 0.3) is 0 Å². The first kappa shape index (κ1) is 17.2. The van der Waals surface area contributed by atoms with Gasteiger partial charge in [-0.2, -0.15) is 5.26 Å². The van der Waals surface area contributed by atoms with E-state index in [1.54, 1.807) is 29.2 Å². The smallest absolute Gasteiger partial charge is 0.267 e. The lowest BCUT2D eigenvalue weighted by molar-refractivity contribution is -0.119. The third-order valence-corrected chi connectivity index (χ3v) is 3.72. The highest BCUT2D eigenvalue weighted by Gasteiger charge is 2.16. The number of nitrogens with one attached hydrogen (secondary N) is 1. The summed E-state index contributed by atoms with van der Waals surface area (Å²) >= 11 is 0. The number of rotatable bonds is 5. The van der Waals surface area contributed by atoms with Gasteiger partial charge < -0.3 is 15.1 Å². The Kier molecular flexibility index (Phi) is 5.68. The van der Waals surface area contributed by atoms with Crippen LogP contribution in [0.1, 0.15) is 17.3 Å². The molecule has 1 fully saturated rings. The van der Waals surface area contributed by atoms with E-state index in [4.69, 9.17) is 0 Å². The molecule has 124 valence electrons. The van der Waals surface area contributed by atoms with Crippen molar-refractivity contribution in [3.63, 3.8) is 0 Å². The van der Waals surface area contributed by atoms with Crippen LogP contribution in [0.3, 0.4) is 0 Å². The highest BCUT2D eigenvalue weighted by molar-refractivity contribution is 6.06. The number of nitriles is 1. The van der Waals surface area contributed by atoms with E-state index in [-0.39, 0.29) is 11.4 Å². The van der Waals surface area contributed by atoms with Gasteiger partial charge in [0.25, 0.3) is 5.91 Å². The predicted molar refractivity (Wildman–Crippen MR) is 88.0 cm³/mol. The Hall–Kier alpha value is -3.14. The molecule has 0 unspecified atom stereocenters. The van der Waals surface area contributed by atoms with Gasteiger partial charge in [-0.1, -0.05) is 0 Å². The number of nitrogens with zero attached hydrogens (tertiary/aromatic N) is 3. The maximum absolute atomic E-state index is 12.2. The summed E-state index contributed by atoms with van der Waals surface area (Å²) in [7, 11) is 0. The molecule has 1 aromatic carbocycles. The summed E-state index contributed by atoms with van der Waals surface area (Å²) in [6.45, 7) is 3.74. The maximum Gasteiger partial charge on any atom is 0.267 e. The van der Waals surface area contributed by atoms with Crippen LogP contribution in [-0.2, 0) is 9.59 Å². The molecule has 0 aliphatic carbocycles. The van der Waals surface area contributed by atoms with E-state index in [1.165, 1.54) is 13.1 Å². The third-order valence-electron chi connectivity index (χ3n) is 3.72. The molecule has 0 aromatic heterocycles. The molecule has 0 bridgehead atoms. The number of hydrogen-bond donors (Lipinski definition) is 1. The Bertz CT molecular complexity index is 696. The SMILES string of the molecule is CC(=O)c1ccc(NC(=O)/C(C#N)=C\N2CCN(C=O)CC2)cc1. The first-order valence-electron chi connectivity index (χ1n) is 7.51. The minimum Gasteiger partial charge on any atom is -0.373 e. The number of piperazine rings is 1. The molecule has 24 heavy (non-hydrogen) atoms. The van der Waals surface area contributed by atoms with Gasteiger partial charge >= 0.3 is 0 Å². The van der Waals surface area contributed by atoms with Gasteiger partial charge in [-0.15, -0.1) is 0 Å². The fraction of sp³-hybridized carbons (Fsp3) is 0.294. The summed E-state index contributed by atoms with van der Waals surface area (Å²) in [5.74, 6) is -0.564. The second kappa shape index (κ2) is 7.92. The number of anilines is 1. The second-order valence-corrected chi connectivity index (χ2v) is 5.42. The summed E-state index contributed by atoms with van der Waals surface area (Å²) in [6.07, 6.45) is 2.31. The number of amides is 2. The molecule has 2 rings (SSSR count). The molecule has 0 saturated carbocycles. The summed E-state index contributed by atoms with van der Waals surface area (Å²) < 4.78 is 0. The molecule has 1 heterocycles. The molecular formula is C17H18N4O3. The normalized spacial score (nSPS) is 14.8. The Balaban J connectivity index is 2.01. The standard InChI is InChI=1S/C17H18N4O3/c1-13(23)14-2-4-16(5-3-14)19-17(24)15(10-18)11-20-6-8-21(12-22)9-7-20/h2-5,11-12H,6-9H2,1H3,(H,19,24)/b15-11-. The van der Waals surface area contributed by atoms with Crippen molar-refractivity contribution in [2.45, 2.75) is 6.92 Å². The molecule has 0 radical (unpaired) electrons. The van der Waals surface area contributed by atoms with Crippen molar-refractivity contribution in [1.29, 1.82) is 5.26 Å². The quantitative estimate of drug-likeness (QED) is 0.377. The lowest BCUT2D eigenvalue weighted by Gasteiger charge is -2.31. The topological polar surface area (TPSA) is 93.5 Å². The van der Waals surface area contributed by atoms with E-state index in [0.29, 0.717) is 37.4 Å². The molecular weight excluding hydrogens is 308 g/mol. The zero-order valence-electron chi connectivity index (χ0n) is 13.4. The van der Waals surface area contributed by atoms with E-state index in [0.717, 1.165) is 6.41 Å². The summed E-state index contributed by atoms with van der Waals surface area (Å²) in [6, 6.07) is 8.36. The summed E-state index contributed by atoms with van der Waals surface area (Å²) in [4.78, 5) is 37.6. The molecule has 7 nitrogen and oxygen atoms in total. The van der Waals surface area contributed by atoms with Crippen molar-refractivity contribution in [2.75, 3.05) is 31.5 Å². The van der Waals surface area contributed by atoms with Gasteiger partial charge in [0.2, 0.25) is 6.41 Å². The first-order valence-corrected chi connectivity index (χ1v) is 7.51. The molecule has 0 spiro atoms. The van der Waals surface area contributed by atoms with Crippen LogP contribution in [-0.4, -0.2) is 54.1 Å². The van der Waals surface area contributed by atoms with Gasteiger partial charge in [0, 0.05) is 43.6 Å². The van der Waals surface area contributed by atoms with E-state index in [2.05, 4.69) is 5.32 Å². The van der Waals surface area contributed by atoms with Gasteiger partial charge in [0.05, 0.1) is 0 Å². The zero-order chi connectivity index (χ0) is 17.5. The molecule has 1 aromatic rings. The molecule has 0 atom stereocenters. The monoisotopic (exact) mass is 326 g/mol. The number of hydrogen-bond acceptors (Lipinski definition) is 5. The lowest BCUT2D eigenvalue weighted by atomic mass is 10.1. The largest absolute Gasteiger partial charge is 0.373 e. The third kappa shape index (κ3) is 4.43. The van der Waals surface area contributed by atoms with Gasteiger partial charge in [-0.05, 0) is 31.2 Å². The highest BCUT2D eigenvalue weighted by Crippen LogP contribution is 2.12. The van der Waals surface area contributed by atoms with Crippen LogP contribution in [0.15, 0.2) is 36.0 Å². The summed E-state index contributed by atoms with van der Waals surface area (Å²) in [5.41, 5.74) is 1.05. The molecule has 1 aliphatic heterocycles. The molecule has 1 N–H and O–H groups in total. The predicted octanol–water partition coefficient (Wildman–Crippen LogP) is 1.01. The van der Waals surface area contributed by atoms with Crippen molar-refractivity contribution in [2.24, 2.45) is 0 Å². The van der Waals surface area contributed by atoms with Crippen molar-refractivity contribution in [3.05, 3.63) is 41.6 Å². The molecule has 1 aliphatic rings. The van der Waals surface area contributed by atoms with Crippen LogP contribution in [0.4, 0.5) is 5.69 Å². The minimum absolute atomic E-state index is 0.00908. The van der Waals surface area contributed by atoms with E-state index in [1.807, 2.05) is 11.0 Å². The number of carbonyl (C=O) groups excluding carboxylic acids is 3. The number of Topliss-reactive ketones (excluding diaryl/α,β-unsaturated/α-hetero) is 1. The van der Waals surface area contributed by atoms with Gasteiger partial charge in [-0.25, -0.2) is 0 Å². The average molecular weight is 326 g/mol. The van der Waals surface area contributed by atoms with Gasteiger partial charge in [0.1, 0.15) is 11.6 Å². The summed E-state index contributed by atoms with van der Waals surface area (Å²) in [5, 5.41) is 11.8. The van der Waals surface area contributed by atoms with Crippen LogP contribution < -0.4 is 5.32 Å². The van der Waals surface area contributed by atoms with Crippen molar-refractivity contribution in [1.82, 2.24) is 9.80 Å². The average Bonchev–Trinajstić information content (AvgIpc) is 2.60. The molecule has 1 saturated heterocycles. The second-order valence-electron chi connectivity index (χ2n) is 5.42. The van der Waals surface area contributed by atoms with Crippen molar-refractivity contribution >= 4 is 23.8 Å². The van der Waals surface area contributed by atoms with Crippen LogP contribution in [0.5, 0.6) is 0 Å². The van der Waals surface area contributed by atoms with Crippen molar-refractivity contribution < 1.29 is 14.4 Å². The van der Waals surface area contributed by atoms with Crippen LogP contribution in [0, 0.1) is 11.3 Å². The van der Waals surface area contributed by atoms with Gasteiger partial charge in [-0.3, -0.25) is 14.4 Å². The highest BCUT2D eigenvalue weighted by atomic mass is 16.2. The Labute approximate surface area is 140 Å². The number of carbonyl (C=O) groups is 3. The maximum atomic E-state index is 12.2. The fourth-order valence-electron chi connectivity index (χ4n) is 2.28. The fourth-order valence-corrected chi connectivity index (χ4v) is 2.28. The minimum atomic E-state index is -0.508. The number of benzene rings is 1. The zero-order valence-corrected chi connectivity index (χ0v) is 13.4.